The molecule has 2 amide bonds. The minimum absolute atomic E-state index is 0.144. The molecule has 2 unspecified atom stereocenters. The summed E-state index contributed by atoms with van der Waals surface area (Å²) in [5.74, 6) is 0.543. The second kappa shape index (κ2) is 9.97. The summed E-state index contributed by atoms with van der Waals surface area (Å²) >= 11 is 0. The summed E-state index contributed by atoms with van der Waals surface area (Å²) in [4.78, 5) is 42.3. The van der Waals surface area contributed by atoms with Gasteiger partial charge in [-0.1, -0.05) is 67.6 Å². The standard InChI is InChI=1S/C33H40N2O4/c1-31-16-23-15-24(17-31)19-32(18-23,22-31)20-27(36)21-35-14-8-13-28(35)29(37)34-30(38)33(39,25-9-4-2-5-10-25)26-11-6-3-7-12-26/h2-7,9-12,23-24,28,39H,8,13-22H2,1H3,(H,34,37,38)/t23?,24?,28-,31?,32?/m0/s1. The number of carbonyl (C=O) groups is 3. The van der Waals surface area contributed by atoms with E-state index in [1.807, 2.05) is 17.0 Å². The summed E-state index contributed by atoms with van der Waals surface area (Å²) in [5.41, 5.74) is -0.680. The van der Waals surface area contributed by atoms with Crippen molar-refractivity contribution in [3.05, 3.63) is 71.8 Å². The predicted molar refractivity (Wildman–Crippen MR) is 148 cm³/mol. The van der Waals surface area contributed by atoms with Crippen LogP contribution in [0.4, 0.5) is 0 Å². The van der Waals surface area contributed by atoms with E-state index < -0.39 is 23.5 Å². The van der Waals surface area contributed by atoms with E-state index in [1.54, 1.807) is 48.5 Å². The van der Waals surface area contributed by atoms with Crippen molar-refractivity contribution in [1.29, 1.82) is 0 Å². The molecule has 4 saturated carbocycles. The van der Waals surface area contributed by atoms with Crippen molar-refractivity contribution in [3.8, 4) is 0 Å². The smallest absolute Gasteiger partial charge is 0.267 e. The Morgan fingerprint density at radius 1 is 0.949 bits per heavy atom. The number of nitrogens with zero attached hydrogens (tertiary/aromatic N) is 1. The molecule has 5 aliphatic rings. The molecular weight excluding hydrogens is 488 g/mol. The number of nitrogens with one attached hydrogen (secondary N) is 1. The van der Waals surface area contributed by atoms with Gasteiger partial charge in [0.15, 0.2) is 5.60 Å². The number of likely N-dealkylation sites (tertiary alicyclic amines) is 1. The molecule has 0 aromatic heterocycles. The molecule has 0 spiro atoms. The first-order valence-corrected chi connectivity index (χ1v) is 14.6. The maximum absolute atomic E-state index is 13.5. The third kappa shape index (κ3) is 4.98. The largest absolute Gasteiger partial charge is 0.372 e. The lowest BCUT2D eigenvalue weighted by Crippen LogP contribution is -2.54. The van der Waals surface area contributed by atoms with Crippen molar-refractivity contribution in [1.82, 2.24) is 10.2 Å². The Hall–Kier alpha value is -2.83. The van der Waals surface area contributed by atoms with Gasteiger partial charge in [0.1, 0.15) is 5.78 Å². The maximum Gasteiger partial charge on any atom is 0.267 e. The van der Waals surface area contributed by atoms with Gasteiger partial charge in [0.05, 0.1) is 12.6 Å². The molecule has 2 N–H and O–H groups in total. The Labute approximate surface area is 231 Å². The second-order valence-electron chi connectivity index (χ2n) is 13.4. The number of carbonyl (C=O) groups excluding carboxylic acids is 3. The van der Waals surface area contributed by atoms with Gasteiger partial charge in [-0.15, -0.1) is 0 Å². The second-order valence-corrected chi connectivity index (χ2v) is 13.4. The lowest BCUT2D eigenvalue weighted by molar-refractivity contribution is -0.143. The highest BCUT2D eigenvalue weighted by Crippen LogP contribution is 2.66. The molecule has 0 radical (unpaired) electrons. The molecule has 1 heterocycles. The number of rotatable bonds is 8. The maximum atomic E-state index is 13.5. The Kier molecular flexibility index (Phi) is 6.75. The van der Waals surface area contributed by atoms with E-state index in [0.29, 0.717) is 35.9 Å². The van der Waals surface area contributed by atoms with Crippen LogP contribution >= 0.6 is 0 Å². The fraction of sp³-hybridized carbons (Fsp3) is 0.545. The van der Waals surface area contributed by atoms with Gasteiger partial charge < -0.3 is 5.11 Å². The van der Waals surface area contributed by atoms with Crippen LogP contribution in [0.15, 0.2) is 60.7 Å². The normalized spacial score (nSPS) is 31.8. The van der Waals surface area contributed by atoms with Gasteiger partial charge in [-0.2, -0.15) is 0 Å². The molecule has 1 saturated heterocycles. The van der Waals surface area contributed by atoms with Gasteiger partial charge >= 0.3 is 0 Å². The number of ketones is 1. The summed E-state index contributed by atoms with van der Waals surface area (Å²) in [6, 6.07) is 16.8. The fourth-order valence-corrected chi connectivity index (χ4v) is 9.22. The molecule has 3 atom stereocenters. The van der Waals surface area contributed by atoms with E-state index in [1.165, 1.54) is 32.1 Å². The van der Waals surface area contributed by atoms with E-state index in [4.69, 9.17) is 0 Å². The average molecular weight is 529 g/mol. The number of hydrogen-bond acceptors (Lipinski definition) is 5. The van der Waals surface area contributed by atoms with Crippen molar-refractivity contribution in [2.75, 3.05) is 13.1 Å². The minimum atomic E-state index is -2.01. The van der Waals surface area contributed by atoms with Gasteiger partial charge in [-0.05, 0) is 91.7 Å². The topological polar surface area (TPSA) is 86.7 Å². The van der Waals surface area contributed by atoms with Gasteiger partial charge in [0.25, 0.3) is 5.91 Å². The zero-order valence-electron chi connectivity index (χ0n) is 22.9. The van der Waals surface area contributed by atoms with Crippen LogP contribution in [0.2, 0.25) is 0 Å². The van der Waals surface area contributed by atoms with E-state index in [0.717, 1.165) is 24.7 Å². The van der Waals surface area contributed by atoms with Crippen LogP contribution in [0.3, 0.4) is 0 Å². The fourth-order valence-electron chi connectivity index (χ4n) is 9.22. The summed E-state index contributed by atoms with van der Waals surface area (Å²) < 4.78 is 0. The molecule has 6 nitrogen and oxygen atoms in total. The first-order valence-electron chi connectivity index (χ1n) is 14.6. The zero-order valence-corrected chi connectivity index (χ0v) is 22.9. The van der Waals surface area contributed by atoms with Crippen LogP contribution in [0.1, 0.15) is 75.8 Å². The number of hydrogen-bond donors (Lipinski definition) is 2. The van der Waals surface area contributed by atoms with E-state index in [2.05, 4.69) is 12.2 Å². The van der Waals surface area contributed by atoms with Crippen LogP contribution in [0.25, 0.3) is 0 Å². The predicted octanol–water partition coefficient (Wildman–Crippen LogP) is 4.60. The Morgan fingerprint density at radius 3 is 2.10 bits per heavy atom. The lowest BCUT2D eigenvalue weighted by Gasteiger charge is -2.61. The van der Waals surface area contributed by atoms with Crippen molar-refractivity contribution < 1.29 is 19.5 Å². The Morgan fingerprint density at radius 2 is 1.54 bits per heavy atom. The Balaban J connectivity index is 1.13. The molecule has 39 heavy (non-hydrogen) atoms. The van der Waals surface area contributed by atoms with Crippen LogP contribution in [0, 0.1) is 22.7 Å². The van der Waals surface area contributed by atoms with Crippen LogP contribution in [0.5, 0.6) is 0 Å². The number of Topliss-reactive ketones (excluding diaryl/α,β-unsaturated/α-hetero) is 1. The Bertz CT molecular complexity index is 1190. The van der Waals surface area contributed by atoms with Crippen molar-refractivity contribution in [2.24, 2.45) is 22.7 Å². The van der Waals surface area contributed by atoms with Gasteiger partial charge in [0, 0.05) is 6.42 Å². The van der Waals surface area contributed by atoms with Crippen molar-refractivity contribution in [2.45, 2.75) is 76.4 Å². The van der Waals surface area contributed by atoms with Crippen LogP contribution in [-0.4, -0.2) is 46.7 Å². The minimum Gasteiger partial charge on any atom is -0.372 e. The van der Waals surface area contributed by atoms with Crippen molar-refractivity contribution in [3.63, 3.8) is 0 Å². The molecule has 5 fully saturated rings. The summed E-state index contributed by atoms with van der Waals surface area (Å²) in [5, 5.41) is 14.2. The molecule has 4 bridgehead atoms. The molecular formula is C33H40N2O4. The quantitative estimate of drug-likeness (QED) is 0.523. The summed E-state index contributed by atoms with van der Waals surface area (Å²) in [6.45, 7) is 3.34. The van der Waals surface area contributed by atoms with Crippen LogP contribution < -0.4 is 5.32 Å². The van der Waals surface area contributed by atoms with Gasteiger partial charge in [-0.3, -0.25) is 24.6 Å². The monoisotopic (exact) mass is 528 g/mol. The summed E-state index contributed by atoms with van der Waals surface area (Å²) in [7, 11) is 0. The molecule has 4 aliphatic carbocycles. The molecule has 2 aromatic rings. The first kappa shape index (κ1) is 26.4. The number of aliphatic hydroxyl groups is 1. The first-order chi connectivity index (χ1) is 18.7. The lowest BCUT2D eigenvalue weighted by atomic mass is 9.44. The SMILES string of the molecule is CC12CC3CC(C1)CC(CC(=O)CN1CCC[C@H]1C(=O)NC(=O)C(O)(c1ccccc1)c1ccccc1)(C3)C2. The summed E-state index contributed by atoms with van der Waals surface area (Å²) in [6.07, 6.45) is 9.51. The van der Waals surface area contributed by atoms with Gasteiger partial charge in [-0.25, -0.2) is 0 Å². The third-order valence-corrected chi connectivity index (χ3v) is 10.0. The van der Waals surface area contributed by atoms with Gasteiger partial charge in [0.2, 0.25) is 5.91 Å². The average Bonchev–Trinajstić information content (AvgIpc) is 3.35. The molecule has 2 aromatic carbocycles. The van der Waals surface area contributed by atoms with E-state index in [9.17, 15) is 19.5 Å². The highest BCUT2D eigenvalue weighted by molar-refractivity contribution is 6.03. The zero-order chi connectivity index (χ0) is 27.3. The third-order valence-electron chi connectivity index (χ3n) is 10.0. The number of benzene rings is 2. The molecule has 7 rings (SSSR count). The highest BCUT2D eigenvalue weighted by atomic mass is 16.3. The van der Waals surface area contributed by atoms with Crippen LogP contribution in [-0.2, 0) is 20.0 Å². The highest BCUT2D eigenvalue weighted by Gasteiger charge is 2.56. The van der Waals surface area contributed by atoms with E-state index in [-0.39, 0.29) is 17.7 Å². The number of amides is 2. The van der Waals surface area contributed by atoms with E-state index >= 15 is 0 Å². The number of imide groups is 1. The van der Waals surface area contributed by atoms with Crippen molar-refractivity contribution >= 4 is 17.6 Å². The molecule has 1 aliphatic heterocycles. The molecule has 6 heteroatoms. The molecule has 206 valence electrons.